The second kappa shape index (κ2) is 82.9. The van der Waals surface area contributed by atoms with Gasteiger partial charge in [-0.15, -0.1) is 78.9 Å². The molecule has 0 aliphatic heterocycles. The fraction of sp³-hybridized carbons (Fsp3) is 0.438. The summed E-state index contributed by atoms with van der Waals surface area (Å²) < 4.78 is 60.1. The molecule has 0 saturated carbocycles. The SMILES string of the molecule is C=CC(=O)OC(C)(C)C=C.C=CC(=O)OC(C)C=C.C=CC(C)(C)NC(C)(C)C=C.C=CC(C)(C)OC(=O)C(=C)C.C=CC(C)(C)OC(=O)C(=C)C.C=CC(C)(C)OC(C)(C)C=C.C=CC(C)(C)OC(C)(C)C=C.C=CC(C)OC(=O)C(=C)C.C=CC(C)OC(C)C=C.C=CCOC(=O)C(=C)C.C=CCOC(=O)C=C.C=CCOC(C)C=C.C=CCOCC=C. The largest absolute Gasteiger partial charge is 0.458 e. The third-order valence-electron chi connectivity index (χ3n) is 13.4. The monoisotopic (exact) mass is 1750 g/mol. The van der Waals surface area contributed by atoms with Crippen LogP contribution in [0.1, 0.15) is 187 Å². The van der Waals surface area contributed by atoms with Crippen LogP contribution in [0.4, 0.5) is 0 Å². The molecule has 0 aromatic carbocycles. The lowest BCUT2D eigenvalue weighted by Crippen LogP contribution is -2.49. The van der Waals surface area contributed by atoms with Crippen molar-refractivity contribution < 1.29 is 90.4 Å². The highest BCUT2D eigenvalue weighted by atomic mass is 16.6. The number of rotatable bonds is 45. The molecule has 0 aliphatic carbocycles. The van der Waals surface area contributed by atoms with E-state index in [2.05, 4.69) is 218 Å². The summed E-state index contributed by atoms with van der Waals surface area (Å²) in [6.07, 6.45) is 35.5. The molecule has 1 N–H and O–H groups in total. The van der Waals surface area contributed by atoms with Crippen molar-refractivity contribution in [1.82, 2.24) is 5.32 Å². The van der Waals surface area contributed by atoms with Gasteiger partial charge in [-0.05, 0) is 205 Å². The van der Waals surface area contributed by atoms with Gasteiger partial charge in [0.05, 0.1) is 60.5 Å². The first kappa shape index (κ1) is 143. The van der Waals surface area contributed by atoms with Crippen molar-refractivity contribution in [3.05, 3.63) is 327 Å². The maximum absolute atomic E-state index is 10.9. The Morgan fingerprint density at radius 2 is 0.536 bits per heavy atom. The van der Waals surface area contributed by atoms with Gasteiger partial charge in [0, 0.05) is 51.6 Å². The minimum Gasteiger partial charge on any atom is -0.458 e. The van der Waals surface area contributed by atoms with Crippen LogP contribution in [0.25, 0.3) is 0 Å². The minimum atomic E-state index is -0.601. The fourth-order valence-corrected chi connectivity index (χ4v) is 5.56. The number of ether oxygens (including phenoxy) is 12. The normalized spacial score (nSPS) is 11.3. The van der Waals surface area contributed by atoms with Crippen LogP contribution in [0.5, 0.6) is 0 Å². The van der Waals surface area contributed by atoms with Crippen molar-refractivity contribution in [1.29, 1.82) is 0 Å². The standard InChI is InChI=1S/C10H19N.2C10H18O.2C9H14O2.2C8H12O2.C8H14O.2C7H10O2.C7H12O.C6H8O2.C6H10O/c3*1-7-9(3,4)11-10(5,6)8-2;2*1-6-9(4,5)11-8(10)7(2)3;1-5-7(9)10-8(3,4)6-2;1-5-7(4)10-8(9)6(2)3;1-5-7(3)9-8(4)6-2;1-4-5-9-7(8)6(2)3;1-4-6(3)9-7(8)5-2;1-4-6-8-7(3)5-2;1-3-5-8-6(7)4-2;1-3-5-7-6-4-2/h7-8,11H,1-2H2,3-6H3;2*7-8H,1-2H2,3-6H3;2*6H,1-2H2,3-5H3;5-6H,1-2H2,3-4H3;5,7H,1-2H2,3-4H3;5-8H,1-2H2,3-4H3;4H,1-2,5H2,3H3;4-6H,1-2H2,3H3;4-5,7H,1-2,6H2,3H3;3-4H,1-2,5H2;3-4H,1-2,5-6H2. The summed E-state index contributed by atoms with van der Waals surface area (Å²) in [5.41, 5.74) is -1.34. The Kier molecular flexibility index (Phi) is 94.8. The Labute approximate surface area is 761 Å². The minimum absolute atomic E-state index is 0.0301. The van der Waals surface area contributed by atoms with Gasteiger partial charge >= 0.3 is 41.8 Å². The maximum Gasteiger partial charge on any atom is 0.333 e. The van der Waals surface area contributed by atoms with Crippen molar-refractivity contribution in [2.24, 2.45) is 0 Å². The maximum atomic E-state index is 10.9. The van der Waals surface area contributed by atoms with Gasteiger partial charge in [0.25, 0.3) is 0 Å². The van der Waals surface area contributed by atoms with Gasteiger partial charge in [0.2, 0.25) is 0 Å². The number of hydrogen-bond donors (Lipinski definition) is 1. The Morgan fingerprint density at radius 3 is 0.768 bits per heavy atom. The molecule has 0 bridgehead atoms. The molecule has 20 nitrogen and oxygen atoms in total. The van der Waals surface area contributed by atoms with Gasteiger partial charge in [-0.25, -0.2) is 33.6 Å². The summed E-state index contributed by atoms with van der Waals surface area (Å²) in [4.78, 5) is 74.3. The second-order valence-electron chi connectivity index (χ2n) is 31.0. The third kappa shape index (κ3) is 117. The fourth-order valence-electron chi connectivity index (χ4n) is 5.56. The summed E-state index contributed by atoms with van der Waals surface area (Å²) in [6, 6.07) is 0. The summed E-state index contributed by atoms with van der Waals surface area (Å²) in [6.45, 7) is 144. The predicted octanol–water partition coefficient (Wildman–Crippen LogP) is 24.6. The van der Waals surface area contributed by atoms with Crippen molar-refractivity contribution in [2.45, 2.75) is 268 Å². The molecule has 0 aromatic rings. The van der Waals surface area contributed by atoms with Gasteiger partial charge in [-0.1, -0.05) is 189 Å². The Balaban J connectivity index is -0.0000000990. The highest BCUT2D eigenvalue weighted by Crippen LogP contribution is 2.23. The van der Waals surface area contributed by atoms with Crippen molar-refractivity contribution in [2.75, 3.05) is 33.0 Å². The molecule has 125 heavy (non-hydrogen) atoms. The number of nitrogens with one attached hydrogen (secondary N) is 1. The molecule has 0 spiro atoms. The van der Waals surface area contributed by atoms with E-state index >= 15 is 0 Å². The lowest BCUT2D eigenvalue weighted by molar-refractivity contribution is -0.148. The van der Waals surface area contributed by atoms with E-state index in [1.807, 2.05) is 88.3 Å². The van der Waals surface area contributed by atoms with Crippen LogP contribution in [0.3, 0.4) is 0 Å². The van der Waals surface area contributed by atoms with E-state index in [1.165, 1.54) is 12.2 Å². The number of esters is 7. The molecular formula is C105H171NO19. The highest BCUT2D eigenvalue weighted by molar-refractivity contribution is 5.88. The summed E-state index contributed by atoms with van der Waals surface area (Å²) in [5.74, 6) is -2.75. The van der Waals surface area contributed by atoms with Crippen LogP contribution < -0.4 is 5.32 Å². The molecule has 0 aliphatic rings. The average molecular weight is 1750 g/mol. The lowest BCUT2D eigenvalue weighted by Gasteiger charge is -2.32. The molecule has 5 atom stereocenters. The second-order valence-corrected chi connectivity index (χ2v) is 31.0. The van der Waals surface area contributed by atoms with Gasteiger partial charge in [-0.3, -0.25) is 5.32 Å². The number of carbonyl (C=O) groups excluding carboxylic acids is 7. The van der Waals surface area contributed by atoms with Gasteiger partial charge in [-0.2, -0.15) is 0 Å². The van der Waals surface area contributed by atoms with E-state index in [9.17, 15) is 33.6 Å². The van der Waals surface area contributed by atoms with Gasteiger partial charge < -0.3 is 56.8 Å². The summed E-state index contributed by atoms with van der Waals surface area (Å²) in [7, 11) is 0. The van der Waals surface area contributed by atoms with E-state index in [4.69, 9.17) is 42.6 Å². The lowest BCUT2D eigenvalue weighted by atomic mass is 9.98. The first-order chi connectivity index (χ1) is 57.0. The molecular weight excluding hydrogens is 1580 g/mol. The van der Waals surface area contributed by atoms with E-state index in [0.29, 0.717) is 42.1 Å². The molecule has 20 heteroatoms. The molecule has 0 heterocycles. The first-order valence-corrected chi connectivity index (χ1v) is 39.9. The average Bonchev–Trinajstić information content (AvgIpc) is 0.889. The zero-order valence-electron chi connectivity index (χ0n) is 82.8. The first-order valence-electron chi connectivity index (χ1n) is 39.9. The van der Waals surface area contributed by atoms with E-state index in [0.717, 1.165) is 18.2 Å². The van der Waals surface area contributed by atoms with Crippen LogP contribution in [-0.2, 0) is 90.4 Å². The summed E-state index contributed by atoms with van der Waals surface area (Å²) in [5, 5.41) is 3.40. The third-order valence-corrected chi connectivity index (χ3v) is 13.4. The predicted molar refractivity (Wildman–Crippen MR) is 533 cm³/mol. The highest BCUT2D eigenvalue weighted by Gasteiger charge is 2.26. The van der Waals surface area contributed by atoms with Crippen LogP contribution >= 0.6 is 0 Å². The van der Waals surface area contributed by atoms with E-state index in [1.54, 1.807) is 174 Å². The van der Waals surface area contributed by atoms with Crippen molar-refractivity contribution in [3.63, 3.8) is 0 Å². The van der Waals surface area contributed by atoms with Crippen LogP contribution in [0.15, 0.2) is 327 Å². The zero-order chi connectivity index (χ0) is 102. The molecule has 0 saturated heterocycles. The molecule has 710 valence electrons. The Morgan fingerprint density at radius 1 is 0.280 bits per heavy atom. The van der Waals surface area contributed by atoms with Crippen LogP contribution in [-0.4, -0.2) is 156 Å². The molecule has 5 unspecified atom stereocenters. The number of carbonyl (C=O) groups is 7. The summed E-state index contributed by atoms with van der Waals surface area (Å²) >= 11 is 0. The molecule has 0 radical (unpaired) electrons. The van der Waals surface area contributed by atoms with Gasteiger partial charge in [0.15, 0.2) is 0 Å². The number of hydrogen-bond acceptors (Lipinski definition) is 20. The molecule has 0 rings (SSSR count). The Bertz CT molecular complexity index is 3160. The van der Waals surface area contributed by atoms with Gasteiger partial charge in [0.1, 0.15) is 42.2 Å². The van der Waals surface area contributed by atoms with Crippen molar-refractivity contribution in [3.8, 4) is 0 Å². The van der Waals surface area contributed by atoms with Crippen LogP contribution in [0, 0.1) is 0 Å². The Hall–Kier alpha value is -10.7. The van der Waals surface area contributed by atoms with E-state index in [-0.39, 0.29) is 101 Å². The zero-order valence-corrected chi connectivity index (χ0v) is 82.8. The van der Waals surface area contributed by atoms with Crippen molar-refractivity contribution >= 4 is 41.8 Å². The quantitative estimate of drug-likeness (QED) is 0.0196. The molecule has 0 aromatic heterocycles. The molecule has 0 fully saturated rings. The van der Waals surface area contributed by atoms with Crippen LogP contribution in [0.2, 0.25) is 0 Å². The van der Waals surface area contributed by atoms with E-state index < -0.39 is 34.7 Å². The molecule has 0 amide bonds. The smallest absolute Gasteiger partial charge is 0.333 e. The topological polar surface area (TPSA) is 242 Å².